The van der Waals surface area contributed by atoms with Gasteiger partial charge in [-0.05, 0) is 109 Å². The number of hydrogen-bond acceptors (Lipinski definition) is 5. The number of nitrogens with one attached hydrogen (secondary N) is 2. The van der Waals surface area contributed by atoms with Crippen molar-refractivity contribution in [1.29, 1.82) is 5.53 Å². The van der Waals surface area contributed by atoms with Crippen LogP contribution < -0.4 is 5.32 Å². The number of aromatic hydroxyl groups is 2. The van der Waals surface area contributed by atoms with Crippen LogP contribution in [0.3, 0.4) is 0 Å². The zero-order valence-corrected chi connectivity index (χ0v) is 24.3. The van der Waals surface area contributed by atoms with Gasteiger partial charge in [-0.1, -0.05) is 54.7 Å². The lowest BCUT2D eigenvalue weighted by Gasteiger charge is -2.33. The molecule has 0 spiro atoms. The van der Waals surface area contributed by atoms with Crippen molar-refractivity contribution in [3.8, 4) is 46.3 Å². The Morgan fingerprint density at radius 1 is 1.02 bits per heavy atom. The fourth-order valence-electron chi connectivity index (χ4n) is 4.60. The second-order valence-electron chi connectivity index (χ2n) is 9.69. The quantitative estimate of drug-likeness (QED) is 0.0951. The van der Waals surface area contributed by atoms with Gasteiger partial charge in [-0.15, -0.1) is 5.10 Å². The largest absolute Gasteiger partial charge is 0.507 e. The first-order valence-electron chi connectivity index (χ1n) is 13.2. The van der Waals surface area contributed by atoms with Crippen LogP contribution in [0.4, 0.5) is 13.2 Å². The van der Waals surface area contributed by atoms with Crippen LogP contribution >= 0.6 is 0 Å². The van der Waals surface area contributed by atoms with Gasteiger partial charge >= 0.3 is 6.18 Å². The molecular formula is C28H25F3N12O3. The van der Waals surface area contributed by atoms with E-state index < -0.39 is 34.7 Å². The number of aryl methyl sites for hydroxylation is 1. The number of carbonyl (C=O) groups is 1. The number of allylic oxidation sites excluding steroid dienone is 1. The topological polar surface area (TPSA) is 217 Å². The van der Waals surface area contributed by atoms with Crippen molar-refractivity contribution in [3.05, 3.63) is 53.1 Å². The Bertz CT molecular complexity index is 1790. The molecule has 0 radical (unpaired) electrons. The molecule has 1 amide bonds. The number of phenolic OH excluding ortho intramolecular Hbond substituents is 2. The van der Waals surface area contributed by atoms with Crippen molar-refractivity contribution in [2.24, 2.45) is 52.1 Å². The lowest BCUT2D eigenvalue weighted by Crippen LogP contribution is -2.57. The third kappa shape index (κ3) is 8.47. The number of hydrogen-bond donors (Lipinski definition) is 4. The van der Waals surface area contributed by atoms with Crippen molar-refractivity contribution < 1.29 is 28.2 Å². The summed E-state index contributed by atoms with van der Waals surface area (Å²) in [7, 11) is 0. The van der Waals surface area contributed by atoms with Crippen molar-refractivity contribution in [2.75, 3.05) is 0 Å². The monoisotopic (exact) mass is 634 g/mol. The van der Waals surface area contributed by atoms with E-state index in [1.165, 1.54) is 0 Å². The van der Waals surface area contributed by atoms with Crippen LogP contribution in [0.5, 0.6) is 11.5 Å². The maximum atomic E-state index is 14.1. The van der Waals surface area contributed by atoms with Gasteiger partial charge in [-0.25, -0.2) is 0 Å². The minimum absolute atomic E-state index is 0.167. The Morgan fingerprint density at radius 2 is 1.65 bits per heavy atom. The third-order valence-corrected chi connectivity index (χ3v) is 6.59. The molecule has 236 valence electrons. The summed E-state index contributed by atoms with van der Waals surface area (Å²) in [4.78, 5) is 13.6. The fourth-order valence-corrected chi connectivity index (χ4v) is 4.60. The zero-order chi connectivity index (χ0) is 33.7. The summed E-state index contributed by atoms with van der Waals surface area (Å²) in [6.07, 6.45) is -3.92. The van der Waals surface area contributed by atoms with Gasteiger partial charge in [0, 0.05) is 5.56 Å². The maximum absolute atomic E-state index is 14.1. The smallest absolute Gasteiger partial charge is 0.411 e. The molecule has 2 aromatic rings. The number of carbonyl (C=O) groups excluding carboxylic acids is 1. The molecule has 2 aromatic carbocycles. The minimum atomic E-state index is -4.75. The first-order chi connectivity index (χ1) is 21.9. The Labute approximate surface area is 259 Å². The highest BCUT2D eigenvalue weighted by Gasteiger charge is 2.57. The average Bonchev–Trinajstić information content (AvgIpc) is 3.47. The van der Waals surface area contributed by atoms with Crippen molar-refractivity contribution >= 4 is 17.7 Å². The van der Waals surface area contributed by atoms with E-state index in [-0.39, 0.29) is 36.8 Å². The van der Waals surface area contributed by atoms with E-state index in [2.05, 4.69) is 87.7 Å². The Balaban J connectivity index is 2.02. The summed E-state index contributed by atoms with van der Waals surface area (Å²) in [5, 5.41) is 54.7. The summed E-state index contributed by atoms with van der Waals surface area (Å²) in [6, 6.07) is 6.23. The lowest BCUT2D eigenvalue weighted by molar-refractivity contribution is -0.191. The highest BCUT2D eigenvalue weighted by molar-refractivity contribution is 6.04. The number of halogens is 3. The zero-order valence-electron chi connectivity index (χ0n) is 24.3. The predicted molar refractivity (Wildman–Crippen MR) is 157 cm³/mol. The van der Waals surface area contributed by atoms with Crippen LogP contribution in [0.2, 0.25) is 0 Å². The first kappa shape index (κ1) is 34.3. The molecule has 18 heteroatoms. The molecular weight excluding hydrogens is 609 g/mol. The number of benzene rings is 2. The maximum Gasteiger partial charge on any atom is 0.411 e. The molecule has 1 aliphatic rings. The lowest BCUT2D eigenvalue weighted by atomic mass is 9.89. The number of alkyl halides is 3. The van der Waals surface area contributed by atoms with Crippen molar-refractivity contribution in [2.45, 2.75) is 51.2 Å². The van der Waals surface area contributed by atoms with E-state index in [9.17, 15) is 28.2 Å². The number of phenols is 2. The van der Waals surface area contributed by atoms with E-state index in [4.69, 9.17) is 5.53 Å². The molecule has 1 saturated carbocycles. The fraction of sp³-hybridized carbons (Fsp3) is 0.286. The Kier molecular flexibility index (Phi) is 11.6. The van der Waals surface area contributed by atoms with Gasteiger partial charge in [-0.2, -0.15) is 18.7 Å². The van der Waals surface area contributed by atoms with Gasteiger partial charge in [0.05, 0.1) is 11.1 Å². The van der Waals surface area contributed by atoms with E-state index in [0.29, 0.717) is 16.7 Å². The highest BCUT2D eigenvalue weighted by atomic mass is 19.4. The molecule has 1 aliphatic carbocycles. The van der Waals surface area contributed by atoms with E-state index >= 15 is 0 Å². The predicted octanol–water partition coefficient (Wildman–Crippen LogP) is 7.55. The van der Waals surface area contributed by atoms with Crippen LogP contribution in [0.25, 0.3) is 16.7 Å². The molecule has 1 fully saturated rings. The summed E-state index contributed by atoms with van der Waals surface area (Å²) in [5.74, 6) is 7.20. The first-order valence-corrected chi connectivity index (χ1v) is 13.2. The molecule has 0 atom stereocenters. The molecule has 0 heterocycles. The second kappa shape index (κ2) is 15.5. The molecule has 46 heavy (non-hydrogen) atoms. The van der Waals surface area contributed by atoms with Crippen molar-refractivity contribution in [3.63, 3.8) is 0 Å². The van der Waals surface area contributed by atoms with Gasteiger partial charge in [0.25, 0.3) is 5.91 Å². The molecule has 0 aromatic heterocycles. The van der Waals surface area contributed by atoms with Crippen LogP contribution in [0.15, 0.2) is 83.0 Å². The summed E-state index contributed by atoms with van der Waals surface area (Å²) in [5.41, 5.74) is 5.04. The molecule has 0 aliphatic heterocycles. The molecule has 15 nitrogen and oxygen atoms in total. The molecule has 0 bridgehead atoms. The minimum Gasteiger partial charge on any atom is -0.507 e. The molecule has 0 saturated heterocycles. The van der Waals surface area contributed by atoms with Gasteiger partial charge in [0.1, 0.15) is 23.3 Å². The Morgan fingerprint density at radius 3 is 2.26 bits per heavy atom. The van der Waals surface area contributed by atoms with Gasteiger partial charge < -0.3 is 15.5 Å². The third-order valence-electron chi connectivity index (χ3n) is 6.59. The Hall–Kier alpha value is -6.17. The SMILES string of the molecule is C=C(C)c1ccc(C)cc1-c1c(O)cc(C#CC#C/C=N/N=N/N=N/N=N/N=N/N=N)c(C(=O)NC2(C(F)(F)F)CCCC2)c1O. The summed E-state index contributed by atoms with van der Waals surface area (Å²) in [6.45, 7) is 7.40. The molecule has 4 N–H and O–H groups in total. The summed E-state index contributed by atoms with van der Waals surface area (Å²) >= 11 is 0. The highest BCUT2D eigenvalue weighted by Crippen LogP contribution is 2.46. The van der Waals surface area contributed by atoms with Gasteiger partial charge in [-0.3, -0.25) is 4.79 Å². The van der Waals surface area contributed by atoms with E-state index in [1.54, 1.807) is 32.0 Å². The number of amides is 1. The molecule has 0 unspecified atom stereocenters. The number of nitrogens with zero attached hydrogens (tertiary/aromatic N) is 10. The molecule has 3 rings (SSSR count). The van der Waals surface area contributed by atoms with Crippen molar-refractivity contribution in [1.82, 2.24) is 5.32 Å². The van der Waals surface area contributed by atoms with Crippen LogP contribution in [0.1, 0.15) is 59.7 Å². The standard InChI is InChI=1S/C28H25F3N12O3/c1-17(2)20-11-10-18(3)15-21(20)24-22(44)16-19(9-5-4-8-14-33-36-38-40-42-43-41-39-37-35-32)23(25(24)45)26(46)34-27(28(29,30)31)12-6-7-13-27/h10-11,14-16,32,44-45H,1,6-7,12-13H2,2-3H3,(H,34,46)/b33-14+,35-32?,38-36+,39-37+,42-40+,43-41+. The van der Waals surface area contributed by atoms with Crippen LogP contribution in [-0.4, -0.2) is 34.1 Å². The van der Waals surface area contributed by atoms with Gasteiger partial charge in [0.15, 0.2) is 0 Å². The number of rotatable bonds is 9. The van der Waals surface area contributed by atoms with Gasteiger partial charge in [0.2, 0.25) is 0 Å². The summed E-state index contributed by atoms with van der Waals surface area (Å²) < 4.78 is 42.4. The van der Waals surface area contributed by atoms with Crippen LogP contribution in [0, 0.1) is 36.1 Å². The average molecular weight is 635 g/mol. The van der Waals surface area contributed by atoms with E-state index in [0.717, 1.165) is 17.8 Å². The van der Waals surface area contributed by atoms with Crippen LogP contribution in [-0.2, 0) is 0 Å². The normalized spacial score (nSPS) is 14.5. The second-order valence-corrected chi connectivity index (χ2v) is 9.69. The van der Waals surface area contributed by atoms with E-state index in [1.807, 2.05) is 0 Å².